The molecule has 0 bridgehead atoms. The maximum Gasteiger partial charge on any atom is 0.123 e. The Morgan fingerprint density at radius 1 is 1.21 bits per heavy atom. The first-order chi connectivity index (χ1) is 8.79. The Balaban J connectivity index is 0.00000180. The molecule has 0 atom stereocenters. The monoisotopic (exact) mass is 342 g/mol. The number of hydrogen-bond acceptors (Lipinski definition) is 3. The number of methoxy groups -OCH3 is 1. The summed E-state index contributed by atoms with van der Waals surface area (Å²) < 4.78 is 6.38. The van der Waals surface area contributed by atoms with E-state index in [2.05, 4.69) is 32.3 Å². The maximum atomic E-state index is 5.33. The van der Waals surface area contributed by atoms with E-state index >= 15 is 0 Å². The van der Waals surface area contributed by atoms with Crippen LogP contribution in [0, 0.1) is 0 Å². The van der Waals surface area contributed by atoms with E-state index in [-0.39, 0.29) is 12.4 Å². The van der Waals surface area contributed by atoms with Gasteiger partial charge < -0.3 is 10.1 Å². The molecular weight excluding hydrogens is 328 g/mol. The summed E-state index contributed by atoms with van der Waals surface area (Å²) in [4.78, 5) is 4.27. The molecule has 1 aromatic heterocycles. The summed E-state index contributed by atoms with van der Waals surface area (Å²) in [6, 6.07) is 11.9. The van der Waals surface area contributed by atoms with Gasteiger partial charge in [-0.15, -0.1) is 12.4 Å². The van der Waals surface area contributed by atoms with Crippen molar-refractivity contribution < 1.29 is 4.74 Å². The molecule has 0 fully saturated rings. The van der Waals surface area contributed by atoms with Crippen molar-refractivity contribution in [2.75, 3.05) is 7.11 Å². The fraction of sp³-hybridized carbons (Fsp3) is 0.214. The topological polar surface area (TPSA) is 34.1 Å². The van der Waals surface area contributed by atoms with Gasteiger partial charge in [0.25, 0.3) is 0 Å². The van der Waals surface area contributed by atoms with Crippen molar-refractivity contribution in [1.82, 2.24) is 10.3 Å². The molecule has 0 aliphatic rings. The minimum Gasteiger partial charge on any atom is -0.496 e. The first-order valence-corrected chi connectivity index (χ1v) is 6.52. The van der Waals surface area contributed by atoms with Crippen LogP contribution < -0.4 is 10.1 Å². The minimum absolute atomic E-state index is 0. The summed E-state index contributed by atoms with van der Waals surface area (Å²) in [7, 11) is 1.69. The SMILES string of the molecule is COc1ccc(Br)cc1CNCc1ccccn1.Cl. The van der Waals surface area contributed by atoms with Crippen LogP contribution >= 0.6 is 28.3 Å². The molecule has 19 heavy (non-hydrogen) atoms. The molecule has 1 heterocycles. The lowest BCUT2D eigenvalue weighted by molar-refractivity contribution is 0.407. The van der Waals surface area contributed by atoms with Gasteiger partial charge in [-0.3, -0.25) is 4.98 Å². The molecule has 0 radical (unpaired) electrons. The molecule has 2 rings (SSSR count). The number of hydrogen-bond donors (Lipinski definition) is 1. The minimum atomic E-state index is 0. The van der Waals surface area contributed by atoms with E-state index < -0.39 is 0 Å². The van der Waals surface area contributed by atoms with Crippen LogP contribution in [0.25, 0.3) is 0 Å². The Kier molecular flexibility index (Phi) is 6.84. The van der Waals surface area contributed by atoms with E-state index in [1.54, 1.807) is 13.3 Å². The number of nitrogens with zero attached hydrogens (tertiary/aromatic N) is 1. The second-order valence-electron chi connectivity index (χ2n) is 3.88. The number of benzene rings is 1. The van der Waals surface area contributed by atoms with Crippen LogP contribution in [0.15, 0.2) is 47.1 Å². The number of halogens is 2. The molecule has 0 unspecified atom stereocenters. The van der Waals surface area contributed by atoms with Crippen LogP contribution in [-0.2, 0) is 13.1 Å². The van der Waals surface area contributed by atoms with Crippen molar-refractivity contribution in [3.63, 3.8) is 0 Å². The van der Waals surface area contributed by atoms with Crippen molar-refractivity contribution in [2.45, 2.75) is 13.1 Å². The lowest BCUT2D eigenvalue weighted by atomic mass is 10.2. The molecule has 0 aliphatic heterocycles. The van der Waals surface area contributed by atoms with Crippen LogP contribution in [0.3, 0.4) is 0 Å². The van der Waals surface area contributed by atoms with Crippen molar-refractivity contribution >= 4 is 28.3 Å². The first kappa shape index (κ1) is 16.0. The number of aromatic nitrogens is 1. The van der Waals surface area contributed by atoms with Crippen molar-refractivity contribution in [3.8, 4) is 5.75 Å². The van der Waals surface area contributed by atoms with Gasteiger partial charge in [-0.05, 0) is 30.3 Å². The Morgan fingerprint density at radius 2 is 2.05 bits per heavy atom. The van der Waals surface area contributed by atoms with Crippen LogP contribution in [0.4, 0.5) is 0 Å². The highest BCUT2D eigenvalue weighted by Gasteiger charge is 2.03. The third kappa shape index (κ3) is 4.82. The van der Waals surface area contributed by atoms with E-state index in [1.807, 2.05) is 30.3 Å². The highest BCUT2D eigenvalue weighted by molar-refractivity contribution is 9.10. The Bertz CT molecular complexity index is 508. The molecule has 0 saturated carbocycles. The fourth-order valence-electron chi connectivity index (χ4n) is 1.71. The van der Waals surface area contributed by atoms with E-state index in [0.717, 1.165) is 34.6 Å². The number of nitrogens with one attached hydrogen (secondary N) is 1. The molecule has 5 heteroatoms. The highest BCUT2D eigenvalue weighted by Crippen LogP contribution is 2.22. The summed E-state index contributed by atoms with van der Waals surface area (Å²) >= 11 is 3.47. The molecule has 102 valence electrons. The van der Waals surface area contributed by atoms with Gasteiger partial charge in [0, 0.05) is 29.3 Å². The second kappa shape index (κ2) is 8.15. The lowest BCUT2D eigenvalue weighted by Gasteiger charge is -2.10. The van der Waals surface area contributed by atoms with Gasteiger partial charge in [-0.2, -0.15) is 0 Å². The summed E-state index contributed by atoms with van der Waals surface area (Å²) in [6.07, 6.45) is 1.80. The largest absolute Gasteiger partial charge is 0.496 e. The van der Waals surface area contributed by atoms with Crippen molar-refractivity contribution in [1.29, 1.82) is 0 Å². The van der Waals surface area contributed by atoms with Gasteiger partial charge in [-0.1, -0.05) is 22.0 Å². The molecule has 3 nitrogen and oxygen atoms in total. The van der Waals surface area contributed by atoms with E-state index in [0.29, 0.717) is 0 Å². The highest BCUT2D eigenvalue weighted by atomic mass is 79.9. The zero-order valence-corrected chi connectivity index (χ0v) is 13.0. The summed E-state index contributed by atoms with van der Waals surface area (Å²) in [5, 5.41) is 3.36. The number of pyridine rings is 1. The predicted molar refractivity (Wildman–Crippen MR) is 82.7 cm³/mol. The molecule has 0 saturated heterocycles. The molecular formula is C14H16BrClN2O. The normalized spacial score (nSPS) is 9.79. The second-order valence-corrected chi connectivity index (χ2v) is 4.80. The van der Waals surface area contributed by atoms with E-state index in [1.165, 1.54) is 0 Å². The zero-order valence-electron chi connectivity index (χ0n) is 10.6. The third-order valence-electron chi connectivity index (χ3n) is 2.59. The van der Waals surface area contributed by atoms with E-state index in [9.17, 15) is 0 Å². The maximum absolute atomic E-state index is 5.33. The number of rotatable bonds is 5. The van der Waals surface area contributed by atoms with Gasteiger partial charge >= 0.3 is 0 Å². The van der Waals surface area contributed by atoms with Gasteiger partial charge in [-0.25, -0.2) is 0 Å². The summed E-state index contributed by atoms with van der Waals surface area (Å²) in [5.41, 5.74) is 2.16. The van der Waals surface area contributed by atoms with Crippen molar-refractivity contribution in [2.24, 2.45) is 0 Å². The standard InChI is InChI=1S/C14H15BrN2O.ClH/c1-18-14-6-5-12(15)8-11(14)9-16-10-13-4-2-3-7-17-13;/h2-8,16H,9-10H2,1H3;1H. The first-order valence-electron chi connectivity index (χ1n) is 5.72. The van der Waals surface area contributed by atoms with Gasteiger partial charge in [0.15, 0.2) is 0 Å². The molecule has 0 amide bonds. The average Bonchev–Trinajstić information content (AvgIpc) is 2.40. The van der Waals surface area contributed by atoms with Crippen LogP contribution in [0.5, 0.6) is 5.75 Å². The number of ether oxygens (including phenoxy) is 1. The molecule has 1 aromatic carbocycles. The zero-order chi connectivity index (χ0) is 12.8. The Morgan fingerprint density at radius 3 is 2.74 bits per heavy atom. The molecule has 1 N–H and O–H groups in total. The third-order valence-corrected chi connectivity index (χ3v) is 3.08. The van der Waals surface area contributed by atoms with Gasteiger partial charge in [0.2, 0.25) is 0 Å². The quantitative estimate of drug-likeness (QED) is 0.901. The van der Waals surface area contributed by atoms with Gasteiger partial charge in [0.1, 0.15) is 5.75 Å². The predicted octanol–water partition coefficient (Wildman–Crippen LogP) is 3.56. The fourth-order valence-corrected chi connectivity index (χ4v) is 2.12. The summed E-state index contributed by atoms with van der Waals surface area (Å²) in [6.45, 7) is 1.50. The van der Waals surface area contributed by atoms with Crippen LogP contribution in [-0.4, -0.2) is 12.1 Å². The molecule has 0 spiro atoms. The lowest BCUT2D eigenvalue weighted by Crippen LogP contribution is -2.14. The van der Waals surface area contributed by atoms with Crippen LogP contribution in [0.1, 0.15) is 11.3 Å². The Labute approximate surface area is 127 Å². The molecule has 2 aromatic rings. The average molecular weight is 344 g/mol. The van der Waals surface area contributed by atoms with Crippen LogP contribution in [0.2, 0.25) is 0 Å². The van der Waals surface area contributed by atoms with Gasteiger partial charge in [0.05, 0.1) is 12.8 Å². The summed E-state index contributed by atoms with van der Waals surface area (Å²) in [5.74, 6) is 0.895. The van der Waals surface area contributed by atoms with E-state index in [4.69, 9.17) is 4.74 Å². The van der Waals surface area contributed by atoms with Crippen molar-refractivity contribution in [3.05, 3.63) is 58.3 Å². The molecule has 0 aliphatic carbocycles. The smallest absolute Gasteiger partial charge is 0.123 e. The Hall–Kier alpha value is -1.10.